The van der Waals surface area contributed by atoms with E-state index in [0.29, 0.717) is 24.5 Å². The highest BCUT2D eigenvalue weighted by Gasteiger charge is 2.20. The van der Waals surface area contributed by atoms with E-state index in [1.807, 2.05) is 45.0 Å². The van der Waals surface area contributed by atoms with Crippen molar-refractivity contribution >= 4 is 22.5 Å². The fourth-order valence-electron chi connectivity index (χ4n) is 2.23. The molecule has 1 aromatic heterocycles. The highest BCUT2D eigenvalue weighted by molar-refractivity contribution is 6.08. The van der Waals surface area contributed by atoms with Crippen molar-refractivity contribution < 1.29 is 9.53 Å². The van der Waals surface area contributed by atoms with Crippen LogP contribution in [0.25, 0.3) is 10.8 Å². The van der Waals surface area contributed by atoms with E-state index < -0.39 is 5.60 Å². The average molecular weight is 287 g/mol. The normalized spacial score (nSPS) is 11.6. The first kappa shape index (κ1) is 15.3. The second-order valence-corrected chi connectivity index (χ2v) is 5.48. The van der Waals surface area contributed by atoms with Crippen LogP contribution in [-0.4, -0.2) is 29.6 Å². The first-order valence-corrected chi connectivity index (χ1v) is 7.00. The van der Waals surface area contributed by atoms with Gasteiger partial charge in [-0.05, 0) is 26.2 Å². The van der Waals surface area contributed by atoms with Gasteiger partial charge in [-0.3, -0.25) is 4.79 Å². The number of pyridine rings is 1. The van der Waals surface area contributed by atoms with Gasteiger partial charge in [0.1, 0.15) is 5.82 Å². The number of aromatic nitrogens is 1. The molecule has 2 rings (SSSR count). The molecule has 5 nitrogen and oxygen atoms in total. The third-order valence-corrected chi connectivity index (χ3v) is 3.28. The number of carbonyl (C=O) groups excluding carboxylic acids is 1. The molecular weight excluding hydrogens is 266 g/mol. The lowest BCUT2D eigenvalue weighted by Crippen LogP contribution is -2.40. The second-order valence-electron chi connectivity index (χ2n) is 5.48. The Balaban J connectivity index is 2.23. The van der Waals surface area contributed by atoms with Gasteiger partial charge in [0.05, 0.1) is 11.2 Å². The maximum absolute atomic E-state index is 12.4. The highest BCUT2D eigenvalue weighted by Crippen LogP contribution is 2.22. The molecule has 0 spiro atoms. The predicted octanol–water partition coefficient (Wildman–Crippen LogP) is 2.36. The number of carbonyl (C=O) groups is 1. The number of hydrogen-bond acceptors (Lipinski definition) is 4. The van der Waals surface area contributed by atoms with Crippen LogP contribution in [0.15, 0.2) is 30.5 Å². The molecule has 0 saturated heterocycles. The molecule has 0 radical (unpaired) electrons. The summed E-state index contributed by atoms with van der Waals surface area (Å²) in [5.74, 6) is 0.253. The van der Waals surface area contributed by atoms with Gasteiger partial charge in [0, 0.05) is 24.7 Å². The van der Waals surface area contributed by atoms with Crippen LogP contribution < -0.4 is 11.1 Å². The Labute approximate surface area is 124 Å². The summed E-state index contributed by atoms with van der Waals surface area (Å²) >= 11 is 0. The summed E-state index contributed by atoms with van der Waals surface area (Å²) in [6.45, 7) is 6.85. The minimum absolute atomic E-state index is 0.175. The van der Waals surface area contributed by atoms with Gasteiger partial charge in [-0.15, -0.1) is 0 Å². The molecule has 0 bridgehead atoms. The minimum Gasteiger partial charge on any atom is -0.383 e. The van der Waals surface area contributed by atoms with E-state index in [9.17, 15) is 4.79 Å². The summed E-state index contributed by atoms with van der Waals surface area (Å²) < 4.78 is 5.57. The van der Waals surface area contributed by atoms with E-state index in [-0.39, 0.29) is 5.91 Å². The lowest BCUT2D eigenvalue weighted by molar-refractivity contribution is -0.00814. The number of ether oxygens (including phenoxy) is 1. The number of amides is 1. The van der Waals surface area contributed by atoms with Crippen molar-refractivity contribution in [1.29, 1.82) is 0 Å². The van der Waals surface area contributed by atoms with Gasteiger partial charge < -0.3 is 15.8 Å². The van der Waals surface area contributed by atoms with E-state index >= 15 is 0 Å². The number of anilines is 1. The predicted molar refractivity (Wildman–Crippen MR) is 84.2 cm³/mol. The maximum atomic E-state index is 12.4. The Morgan fingerprint density at radius 1 is 1.33 bits per heavy atom. The molecule has 21 heavy (non-hydrogen) atoms. The molecule has 0 aliphatic carbocycles. The Kier molecular flexibility index (Phi) is 4.43. The molecule has 0 aliphatic rings. The SMILES string of the molecule is CCOC(C)(C)CNC(=O)c1cnc(N)c2ccccc12. The second kappa shape index (κ2) is 6.10. The summed E-state index contributed by atoms with van der Waals surface area (Å²) in [4.78, 5) is 16.5. The Bertz CT molecular complexity index is 653. The summed E-state index contributed by atoms with van der Waals surface area (Å²) in [5.41, 5.74) is 5.96. The molecule has 5 heteroatoms. The monoisotopic (exact) mass is 287 g/mol. The first-order valence-electron chi connectivity index (χ1n) is 7.00. The average Bonchev–Trinajstić information content (AvgIpc) is 2.46. The van der Waals surface area contributed by atoms with Crippen LogP contribution >= 0.6 is 0 Å². The van der Waals surface area contributed by atoms with Gasteiger partial charge in [-0.25, -0.2) is 4.98 Å². The molecule has 0 fully saturated rings. The third kappa shape index (κ3) is 3.49. The molecular formula is C16H21N3O2. The van der Waals surface area contributed by atoms with Crippen LogP contribution in [0.2, 0.25) is 0 Å². The zero-order chi connectivity index (χ0) is 15.5. The largest absolute Gasteiger partial charge is 0.383 e. The molecule has 1 amide bonds. The molecule has 1 aromatic carbocycles. The van der Waals surface area contributed by atoms with Gasteiger partial charge in [0.2, 0.25) is 0 Å². The number of nitrogen functional groups attached to an aromatic ring is 1. The quantitative estimate of drug-likeness (QED) is 0.885. The molecule has 0 saturated carbocycles. The fraction of sp³-hybridized carbons (Fsp3) is 0.375. The lowest BCUT2D eigenvalue weighted by Gasteiger charge is -2.25. The van der Waals surface area contributed by atoms with Crippen LogP contribution in [0.3, 0.4) is 0 Å². The summed E-state index contributed by atoms with van der Waals surface area (Å²) in [6, 6.07) is 7.48. The van der Waals surface area contributed by atoms with Crippen molar-refractivity contribution in [3.8, 4) is 0 Å². The van der Waals surface area contributed by atoms with Crippen molar-refractivity contribution in [2.45, 2.75) is 26.4 Å². The minimum atomic E-state index is -0.401. The molecule has 0 aliphatic heterocycles. The number of fused-ring (bicyclic) bond motifs is 1. The van der Waals surface area contributed by atoms with E-state index in [4.69, 9.17) is 10.5 Å². The van der Waals surface area contributed by atoms with Crippen molar-refractivity contribution in [1.82, 2.24) is 10.3 Å². The smallest absolute Gasteiger partial charge is 0.253 e. The van der Waals surface area contributed by atoms with Crippen LogP contribution in [0.5, 0.6) is 0 Å². The van der Waals surface area contributed by atoms with Crippen molar-refractivity contribution in [2.24, 2.45) is 0 Å². The molecule has 1 heterocycles. The van der Waals surface area contributed by atoms with Gasteiger partial charge in [0.15, 0.2) is 0 Å². The Hall–Kier alpha value is -2.14. The summed E-state index contributed by atoms with van der Waals surface area (Å²) in [5, 5.41) is 4.48. The summed E-state index contributed by atoms with van der Waals surface area (Å²) in [6.07, 6.45) is 1.51. The number of hydrogen-bond donors (Lipinski definition) is 2. The zero-order valence-corrected chi connectivity index (χ0v) is 12.6. The first-order chi connectivity index (χ1) is 9.94. The molecule has 0 unspecified atom stereocenters. The topological polar surface area (TPSA) is 77.2 Å². The summed E-state index contributed by atoms with van der Waals surface area (Å²) in [7, 11) is 0. The standard InChI is InChI=1S/C16H21N3O2/c1-4-21-16(2,3)10-19-15(20)13-9-18-14(17)12-8-6-5-7-11(12)13/h5-9H,4,10H2,1-3H3,(H2,17,18)(H,19,20). The van der Waals surface area contributed by atoms with E-state index in [0.717, 1.165) is 10.8 Å². The van der Waals surface area contributed by atoms with Gasteiger partial charge in [0.25, 0.3) is 5.91 Å². The van der Waals surface area contributed by atoms with E-state index in [1.54, 1.807) is 0 Å². The Morgan fingerprint density at radius 3 is 2.67 bits per heavy atom. The Morgan fingerprint density at radius 2 is 2.00 bits per heavy atom. The number of rotatable bonds is 5. The maximum Gasteiger partial charge on any atom is 0.253 e. The van der Waals surface area contributed by atoms with Crippen LogP contribution in [-0.2, 0) is 4.74 Å². The van der Waals surface area contributed by atoms with Gasteiger partial charge >= 0.3 is 0 Å². The highest BCUT2D eigenvalue weighted by atomic mass is 16.5. The van der Waals surface area contributed by atoms with E-state index in [2.05, 4.69) is 10.3 Å². The number of nitrogens with zero attached hydrogens (tertiary/aromatic N) is 1. The molecule has 112 valence electrons. The number of nitrogens with one attached hydrogen (secondary N) is 1. The number of benzene rings is 1. The van der Waals surface area contributed by atoms with Crippen molar-refractivity contribution in [2.75, 3.05) is 18.9 Å². The molecule has 3 N–H and O–H groups in total. The van der Waals surface area contributed by atoms with Crippen LogP contribution in [0.1, 0.15) is 31.1 Å². The number of nitrogens with two attached hydrogens (primary N) is 1. The van der Waals surface area contributed by atoms with Crippen LogP contribution in [0, 0.1) is 0 Å². The molecule has 0 atom stereocenters. The van der Waals surface area contributed by atoms with Gasteiger partial charge in [-0.1, -0.05) is 24.3 Å². The fourth-order valence-corrected chi connectivity index (χ4v) is 2.23. The third-order valence-electron chi connectivity index (χ3n) is 3.28. The van der Waals surface area contributed by atoms with E-state index in [1.165, 1.54) is 6.20 Å². The van der Waals surface area contributed by atoms with Crippen LogP contribution in [0.4, 0.5) is 5.82 Å². The van der Waals surface area contributed by atoms with Gasteiger partial charge in [-0.2, -0.15) is 0 Å². The van der Waals surface area contributed by atoms with Crippen molar-refractivity contribution in [3.63, 3.8) is 0 Å². The lowest BCUT2D eigenvalue weighted by atomic mass is 10.1. The van der Waals surface area contributed by atoms with Crippen molar-refractivity contribution in [3.05, 3.63) is 36.0 Å². The zero-order valence-electron chi connectivity index (χ0n) is 12.6. The molecule has 2 aromatic rings.